The minimum atomic E-state index is -4.49. The van der Waals surface area contributed by atoms with Crippen molar-refractivity contribution >= 4 is 22.6 Å². The van der Waals surface area contributed by atoms with E-state index >= 15 is 0 Å². The van der Waals surface area contributed by atoms with Crippen molar-refractivity contribution in [1.82, 2.24) is 10.2 Å². The lowest BCUT2D eigenvalue weighted by Crippen LogP contribution is -2.35. The number of H-pyrrole nitrogens is 1. The lowest BCUT2D eigenvalue weighted by molar-refractivity contribution is -0.213. The van der Waals surface area contributed by atoms with Crippen molar-refractivity contribution in [3.05, 3.63) is 24.0 Å². The van der Waals surface area contributed by atoms with Crippen LogP contribution in [-0.4, -0.2) is 22.3 Å². The number of hydrogen-bond donors (Lipinski definition) is 2. The molecule has 0 saturated heterocycles. The first-order valence-electron chi connectivity index (χ1n) is 6.10. The minimum Gasteiger partial charge on any atom is -0.309 e. The Morgan fingerprint density at radius 3 is 2.62 bits per heavy atom. The maximum atomic E-state index is 13.0. The molecule has 0 aliphatic heterocycles. The first-order chi connectivity index (χ1) is 9.60. The third-order valence-electron chi connectivity index (χ3n) is 3.15. The summed E-state index contributed by atoms with van der Waals surface area (Å²) in [6.45, 7) is 1.90. The van der Waals surface area contributed by atoms with E-state index in [1.165, 1.54) is 18.2 Å². The fourth-order valence-electron chi connectivity index (χ4n) is 1.76. The fourth-order valence-corrected chi connectivity index (χ4v) is 1.76. The number of nitrogens with zero attached hydrogens (tertiary/aromatic N) is 1. The molecule has 2 rings (SSSR count). The molecule has 114 valence electrons. The molecule has 1 amide bonds. The predicted molar refractivity (Wildman–Crippen MR) is 69.1 cm³/mol. The molecule has 1 aromatic carbocycles. The summed E-state index contributed by atoms with van der Waals surface area (Å²) >= 11 is 0. The number of alkyl halides is 3. The van der Waals surface area contributed by atoms with Crippen molar-refractivity contribution < 1.29 is 22.4 Å². The zero-order valence-electron chi connectivity index (χ0n) is 11.3. The van der Waals surface area contributed by atoms with Gasteiger partial charge in [-0.1, -0.05) is 13.8 Å². The van der Waals surface area contributed by atoms with Crippen LogP contribution in [0, 0.1) is 11.2 Å². The second-order valence-corrected chi connectivity index (χ2v) is 5.37. The van der Waals surface area contributed by atoms with Crippen molar-refractivity contribution in [1.29, 1.82) is 0 Å². The highest BCUT2D eigenvalue weighted by Gasteiger charge is 2.48. The van der Waals surface area contributed by atoms with Gasteiger partial charge in [0.15, 0.2) is 5.82 Å². The Kier molecular flexibility index (Phi) is 3.65. The van der Waals surface area contributed by atoms with E-state index in [-0.39, 0.29) is 5.82 Å². The van der Waals surface area contributed by atoms with Crippen LogP contribution in [0.25, 0.3) is 10.9 Å². The number of anilines is 1. The van der Waals surface area contributed by atoms with E-state index in [2.05, 4.69) is 15.5 Å². The van der Waals surface area contributed by atoms with E-state index in [0.29, 0.717) is 10.9 Å². The van der Waals surface area contributed by atoms with E-state index < -0.39 is 29.7 Å². The quantitative estimate of drug-likeness (QED) is 0.851. The average Bonchev–Trinajstić information content (AvgIpc) is 2.69. The van der Waals surface area contributed by atoms with E-state index in [9.17, 15) is 22.4 Å². The fraction of sp³-hybridized carbons (Fsp3) is 0.385. The van der Waals surface area contributed by atoms with Gasteiger partial charge in [0.1, 0.15) is 5.82 Å². The zero-order valence-corrected chi connectivity index (χ0v) is 11.3. The normalized spacial score (nSPS) is 12.7. The average molecular weight is 303 g/mol. The van der Waals surface area contributed by atoms with Crippen LogP contribution in [0.5, 0.6) is 0 Å². The number of aromatic nitrogens is 2. The highest BCUT2D eigenvalue weighted by atomic mass is 19.4. The lowest BCUT2D eigenvalue weighted by Gasteiger charge is -2.26. The van der Waals surface area contributed by atoms with Gasteiger partial charge in [-0.3, -0.25) is 9.89 Å². The standard InChI is InChI=1S/C13H13F4N3O/c1-12(2,13(15,16)17)6-10(21)18-11-8-4-3-7(14)5-9(8)19-20-11/h3-5H,6H2,1-2H3,(H2,18,19,20,21). The Balaban J connectivity index is 2.16. The van der Waals surface area contributed by atoms with Gasteiger partial charge in [0.05, 0.1) is 10.9 Å². The van der Waals surface area contributed by atoms with Crippen molar-refractivity contribution in [2.45, 2.75) is 26.4 Å². The number of fused-ring (bicyclic) bond motifs is 1. The molecule has 1 heterocycles. The number of carbonyl (C=O) groups excluding carboxylic acids is 1. The first-order valence-corrected chi connectivity index (χ1v) is 6.10. The first kappa shape index (κ1) is 15.3. The Hall–Kier alpha value is -2.12. The molecule has 2 N–H and O–H groups in total. The number of halogens is 4. The molecule has 8 heteroatoms. The van der Waals surface area contributed by atoms with Crippen LogP contribution in [0.15, 0.2) is 18.2 Å². The van der Waals surface area contributed by atoms with Crippen LogP contribution in [0.4, 0.5) is 23.4 Å². The summed E-state index contributed by atoms with van der Waals surface area (Å²) in [5.74, 6) is -1.22. The van der Waals surface area contributed by atoms with E-state index in [1.807, 2.05) is 0 Å². The van der Waals surface area contributed by atoms with Crippen molar-refractivity contribution in [3.8, 4) is 0 Å². The zero-order chi connectivity index (χ0) is 15.8. The molecule has 0 saturated carbocycles. The third kappa shape index (κ3) is 3.14. The van der Waals surface area contributed by atoms with E-state index in [1.54, 1.807) is 0 Å². The van der Waals surface area contributed by atoms with Crippen LogP contribution < -0.4 is 5.32 Å². The molecule has 4 nitrogen and oxygen atoms in total. The van der Waals surface area contributed by atoms with Crippen LogP contribution in [0.3, 0.4) is 0 Å². The summed E-state index contributed by atoms with van der Waals surface area (Å²) in [6, 6.07) is 3.74. The summed E-state index contributed by atoms with van der Waals surface area (Å²) in [6.07, 6.45) is -5.22. The molecular formula is C13H13F4N3O. The molecular weight excluding hydrogens is 290 g/mol. The van der Waals surface area contributed by atoms with Gasteiger partial charge in [-0.05, 0) is 18.2 Å². The Bertz CT molecular complexity index is 676. The minimum absolute atomic E-state index is 0.0768. The summed E-state index contributed by atoms with van der Waals surface area (Å²) in [5.41, 5.74) is -1.80. The molecule has 1 aromatic heterocycles. The van der Waals surface area contributed by atoms with Crippen molar-refractivity contribution in [2.24, 2.45) is 5.41 Å². The summed E-state index contributed by atoms with van der Waals surface area (Å²) in [5, 5.41) is 9.00. The van der Waals surface area contributed by atoms with Gasteiger partial charge < -0.3 is 5.32 Å². The van der Waals surface area contributed by atoms with E-state index in [4.69, 9.17) is 0 Å². The predicted octanol–water partition coefficient (Wildman–Crippen LogP) is 3.62. The van der Waals surface area contributed by atoms with Crippen LogP contribution >= 0.6 is 0 Å². The Morgan fingerprint density at radius 2 is 2.00 bits per heavy atom. The van der Waals surface area contributed by atoms with E-state index in [0.717, 1.165) is 13.8 Å². The number of amides is 1. The highest BCUT2D eigenvalue weighted by Crippen LogP contribution is 2.40. The van der Waals surface area contributed by atoms with Crippen molar-refractivity contribution in [2.75, 3.05) is 5.32 Å². The monoisotopic (exact) mass is 303 g/mol. The largest absolute Gasteiger partial charge is 0.394 e. The van der Waals surface area contributed by atoms with Crippen LogP contribution in [0.1, 0.15) is 20.3 Å². The SMILES string of the molecule is CC(C)(CC(=O)Nc1n[nH]c2cc(F)ccc12)C(F)(F)F. The maximum Gasteiger partial charge on any atom is 0.394 e. The highest BCUT2D eigenvalue weighted by molar-refractivity contribution is 5.99. The maximum absolute atomic E-state index is 13.0. The van der Waals surface area contributed by atoms with Gasteiger partial charge in [-0.15, -0.1) is 0 Å². The van der Waals surface area contributed by atoms with Gasteiger partial charge in [0.2, 0.25) is 5.91 Å². The molecule has 0 spiro atoms. The van der Waals surface area contributed by atoms with Crippen LogP contribution in [-0.2, 0) is 4.79 Å². The summed E-state index contributed by atoms with van der Waals surface area (Å²) in [7, 11) is 0. The molecule has 0 aliphatic carbocycles. The smallest absolute Gasteiger partial charge is 0.309 e. The molecule has 0 atom stereocenters. The summed E-state index contributed by atoms with van der Waals surface area (Å²) in [4.78, 5) is 11.7. The van der Waals surface area contributed by atoms with Gasteiger partial charge in [0, 0.05) is 11.8 Å². The molecule has 0 bridgehead atoms. The van der Waals surface area contributed by atoms with Crippen molar-refractivity contribution in [3.63, 3.8) is 0 Å². The molecule has 21 heavy (non-hydrogen) atoms. The molecule has 0 unspecified atom stereocenters. The van der Waals surface area contributed by atoms with Crippen LogP contribution in [0.2, 0.25) is 0 Å². The van der Waals surface area contributed by atoms with Gasteiger partial charge in [-0.2, -0.15) is 18.3 Å². The van der Waals surface area contributed by atoms with Gasteiger partial charge in [-0.25, -0.2) is 4.39 Å². The third-order valence-corrected chi connectivity index (χ3v) is 3.15. The molecule has 0 aliphatic rings. The Morgan fingerprint density at radius 1 is 1.33 bits per heavy atom. The van der Waals surface area contributed by atoms with Gasteiger partial charge in [0.25, 0.3) is 0 Å². The number of nitrogens with one attached hydrogen (secondary N) is 2. The number of benzene rings is 1. The topological polar surface area (TPSA) is 57.8 Å². The number of hydrogen-bond acceptors (Lipinski definition) is 2. The molecule has 2 aromatic rings. The second kappa shape index (κ2) is 5.01. The molecule has 0 radical (unpaired) electrons. The number of carbonyl (C=O) groups is 1. The van der Waals surface area contributed by atoms with Gasteiger partial charge >= 0.3 is 6.18 Å². The molecule has 0 fully saturated rings. The Labute approximate surface area is 117 Å². The number of aromatic amines is 1. The lowest BCUT2D eigenvalue weighted by atomic mass is 9.88. The summed E-state index contributed by atoms with van der Waals surface area (Å²) < 4.78 is 51.2. The number of rotatable bonds is 3. The second-order valence-electron chi connectivity index (χ2n) is 5.37.